The molecule has 10 heteroatoms. The standard InChI is InChI=1S/C24H33N3O5S.ClH/c1-19(2)20-4-6-22(7-5-20)32-18-24(28)25-12-13-26-14-16-27(17-15-26)33(29,30)23-10-8-21(31-3)9-11-23;/h4-11,19H,12-18H2,1-3H3,(H,25,28);1H. The summed E-state index contributed by atoms with van der Waals surface area (Å²) in [5.74, 6) is 1.56. The Kier molecular flexibility index (Phi) is 10.6. The smallest absolute Gasteiger partial charge is 0.257 e. The van der Waals surface area contributed by atoms with E-state index in [9.17, 15) is 13.2 Å². The van der Waals surface area contributed by atoms with E-state index in [-0.39, 0.29) is 29.8 Å². The first kappa shape index (κ1) is 27.9. The second-order valence-electron chi connectivity index (χ2n) is 8.28. The third kappa shape index (κ3) is 7.59. The van der Waals surface area contributed by atoms with Crippen molar-refractivity contribution in [3.8, 4) is 11.5 Å². The first-order chi connectivity index (χ1) is 15.8. The van der Waals surface area contributed by atoms with Crippen LogP contribution in [0.4, 0.5) is 0 Å². The molecule has 0 spiro atoms. The van der Waals surface area contributed by atoms with Gasteiger partial charge >= 0.3 is 0 Å². The summed E-state index contributed by atoms with van der Waals surface area (Å²) >= 11 is 0. The van der Waals surface area contributed by atoms with E-state index in [0.29, 0.717) is 56.7 Å². The van der Waals surface area contributed by atoms with Gasteiger partial charge in [-0.05, 0) is 47.9 Å². The molecule has 1 N–H and O–H groups in total. The van der Waals surface area contributed by atoms with Crippen LogP contribution in [0.1, 0.15) is 25.3 Å². The van der Waals surface area contributed by atoms with Crippen molar-refractivity contribution < 1.29 is 22.7 Å². The molecular formula is C24H34ClN3O5S. The van der Waals surface area contributed by atoms with Gasteiger partial charge in [-0.3, -0.25) is 9.69 Å². The molecule has 1 heterocycles. The molecule has 34 heavy (non-hydrogen) atoms. The maximum atomic E-state index is 12.8. The van der Waals surface area contributed by atoms with E-state index < -0.39 is 10.0 Å². The molecule has 1 amide bonds. The number of hydrogen-bond donors (Lipinski definition) is 1. The van der Waals surface area contributed by atoms with Crippen LogP contribution in [0.5, 0.6) is 11.5 Å². The van der Waals surface area contributed by atoms with E-state index >= 15 is 0 Å². The summed E-state index contributed by atoms with van der Waals surface area (Å²) in [6.45, 7) is 7.43. The van der Waals surface area contributed by atoms with E-state index in [1.165, 1.54) is 9.87 Å². The number of sulfonamides is 1. The summed E-state index contributed by atoms with van der Waals surface area (Å²) in [6, 6.07) is 14.2. The third-order valence-electron chi connectivity index (χ3n) is 5.70. The van der Waals surface area contributed by atoms with Crippen LogP contribution in [0.2, 0.25) is 0 Å². The van der Waals surface area contributed by atoms with Crippen LogP contribution >= 0.6 is 12.4 Å². The zero-order valence-electron chi connectivity index (χ0n) is 19.9. The SMILES string of the molecule is COc1ccc(S(=O)(=O)N2CCN(CCNC(=O)COc3ccc(C(C)C)cc3)CC2)cc1.Cl. The van der Waals surface area contributed by atoms with Crippen molar-refractivity contribution in [2.24, 2.45) is 0 Å². The molecule has 1 fully saturated rings. The molecule has 0 unspecified atom stereocenters. The number of carbonyl (C=O) groups is 1. The van der Waals surface area contributed by atoms with Crippen LogP contribution in [0.25, 0.3) is 0 Å². The van der Waals surface area contributed by atoms with Gasteiger partial charge in [-0.2, -0.15) is 4.31 Å². The van der Waals surface area contributed by atoms with Crippen molar-refractivity contribution in [1.82, 2.24) is 14.5 Å². The van der Waals surface area contributed by atoms with Gasteiger partial charge in [-0.25, -0.2) is 8.42 Å². The Morgan fingerprint density at radius 2 is 1.56 bits per heavy atom. The van der Waals surface area contributed by atoms with Gasteiger partial charge in [0.2, 0.25) is 10.0 Å². The summed E-state index contributed by atoms with van der Waals surface area (Å²) in [4.78, 5) is 14.5. The Hall–Kier alpha value is -2.33. The van der Waals surface area contributed by atoms with Crippen LogP contribution in [-0.2, 0) is 14.8 Å². The molecule has 3 rings (SSSR count). The second-order valence-corrected chi connectivity index (χ2v) is 10.2. The number of ether oxygens (including phenoxy) is 2. The fourth-order valence-electron chi connectivity index (χ4n) is 3.59. The predicted molar refractivity (Wildman–Crippen MR) is 134 cm³/mol. The largest absolute Gasteiger partial charge is 0.497 e. The van der Waals surface area contributed by atoms with Crippen molar-refractivity contribution >= 4 is 28.3 Å². The Morgan fingerprint density at radius 3 is 2.12 bits per heavy atom. The first-order valence-corrected chi connectivity index (χ1v) is 12.6. The Labute approximate surface area is 208 Å². The van der Waals surface area contributed by atoms with Crippen molar-refractivity contribution in [1.29, 1.82) is 0 Å². The third-order valence-corrected chi connectivity index (χ3v) is 7.61. The van der Waals surface area contributed by atoms with E-state index in [4.69, 9.17) is 9.47 Å². The number of carbonyl (C=O) groups excluding carboxylic acids is 1. The lowest BCUT2D eigenvalue weighted by molar-refractivity contribution is -0.123. The van der Waals surface area contributed by atoms with Crippen LogP contribution in [0.15, 0.2) is 53.4 Å². The molecule has 1 aliphatic heterocycles. The van der Waals surface area contributed by atoms with Gasteiger partial charge in [0.25, 0.3) is 5.91 Å². The number of methoxy groups -OCH3 is 1. The second kappa shape index (κ2) is 12.9. The number of nitrogens with one attached hydrogen (secondary N) is 1. The van der Waals surface area contributed by atoms with E-state index in [1.54, 1.807) is 31.4 Å². The van der Waals surface area contributed by atoms with Crippen LogP contribution in [-0.4, -0.2) is 76.5 Å². The Morgan fingerprint density at radius 1 is 0.971 bits per heavy atom. The summed E-state index contributed by atoms with van der Waals surface area (Å²) < 4.78 is 37.8. The fraction of sp³-hybridized carbons (Fsp3) is 0.458. The van der Waals surface area contributed by atoms with Gasteiger partial charge < -0.3 is 14.8 Å². The molecule has 8 nitrogen and oxygen atoms in total. The molecule has 0 saturated carbocycles. The van der Waals surface area contributed by atoms with Crippen molar-refractivity contribution in [2.45, 2.75) is 24.7 Å². The van der Waals surface area contributed by atoms with Gasteiger partial charge in [0, 0.05) is 39.3 Å². The number of piperazine rings is 1. The highest BCUT2D eigenvalue weighted by Gasteiger charge is 2.28. The average molecular weight is 512 g/mol. The maximum absolute atomic E-state index is 12.8. The van der Waals surface area contributed by atoms with Gasteiger partial charge in [-0.1, -0.05) is 26.0 Å². The minimum Gasteiger partial charge on any atom is -0.497 e. The molecule has 1 saturated heterocycles. The highest BCUT2D eigenvalue weighted by atomic mass is 35.5. The van der Waals surface area contributed by atoms with Crippen LogP contribution in [0, 0.1) is 0 Å². The predicted octanol–water partition coefficient (Wildman–Crippen LogP) is 2.74. The number of halogens is 1. The quantitative estimate of drug-likeness (QED) is 0.527. The van der Waals surface area contributed by atoms with E-state index in [2.05, 4.69) is 24.1 Å². The summed E-state index contributed by atoms with van der Waals surface area (Å²) in [5, 5.41) is 2.86. The zero-order valence-corrected chi connectivity index (χ0v) is 21.5. The highest BCUT2D eigenvalue weighted by molar-refractivity contribution is 7.89. The molecular weight excluding hydrogens is 478 g/mol. The van der Waals surface area contributed by atoms with Crippen LogP contribution < -0.4 is 14.8 Å². The van der Waals surface area contributed by atoms with Gasteiger partial charge in [0.1, 0.15) is 11.5 Å². The topological polar surface area (TPSA) is 88.2 Å². The zero-order chi connectivity index (χ0) is 23.8. The lowest BCUT2D eigenvalue weighted by atomic mass is 10.0. The molecule has 0 atom stereocenters. The summed E-state index contributed by atoms with van der Waals surface area (Å²) in [5.41, 5.74) is 1.23. The van der Waals surface area contributed by atoms with Gasteiger partial charge in [0.15, 0.2) is 6.61 Å². The minimum absolute atomic E-state index is 0. The summed E-state index contributed by atoms with van der Waals surface area (Å²) in [6.07, 6.45) is 0. The lowest BCUT2D eigenvalue weighted by Gasteiger charge is -2.34. The van der Waals surface area contributed by atoms with E-state index in [1.807, 2.05) is 24.3 Å². The average Bonchev–Trinajstić information content (AvgIpc) is 2.83. The number of amides is 1. The molecule has 0 aromatic heterocycles. The van der Waals surface area contributed by atoms with Gasteiger partial charge in [-0.15, -0.1) is 12.4 Å². The highest BCUT2D eigenvalue weighted by Crippen LogP contribution is 2.21. The fourth-order valence-corrected chi connectivity index (χ4v) is 5.01. The molecule has 188 valence electrons. The van der Waals surface area contributed by atoms with E-state index in [0.717, 1.165) is 0 Å². The monoisotopic (exact) mass is 511 g/mol. The number of benzene rings is 2. The van der Waals surface area contributed by atoms with Gasteiger partial charge in [0.05, 0.1) is 12.0 Å². The Bertz CT molecular complexity index is 1010. The molecule has 1 aliphatic rings. The molecule has 2 aromatic carbocycles. The Balaban J connectivity index is 0.00000408. The minimum atomic E-state index is -3.52. The summed E-state index contributed by atoms with van der Waals surface area (Å²) in [7, 11) is -1.98. The molecule has 0 radical (unpaired) electrons. The van der Waals surface area contributed by atoms with Crippen LogP contribution in [0.3, 0.4) is 0 Å². The maximum Gasteiger partial charge on any atom is 0.257 e. The molecule has 0 bridgehead atoms. The number of nitrogens with zero attached hydrogens (tertiary/aromatic N) is 2. The molecule has 2 aromatic rings. The number of hydrogen-bond acceptors (Lipinski definition) is 6. The number of rotatable bonds is 10. The lowest BCUT2D eigenvalue weighted by Crippen LogP contribution is -2.50. The van der Waals surface area contributed by atoms with Crippen molar-refractivity contribution in [2.75, 3.05) is 53.0 Å². The normalized spacial score (nSPS) is 14.9. The first-order valence-electron chi connectivity index (χ1n) is 11.2. The van der Waals surface area contributed by atoms with Crippen molar-refractivity contribution in [3.05, 3.63) is 54.1 Å². The molecule has 0 aliphatic carbocycles. The van der Waals surface area contributed by atoms with Crippen molar-refractivity contribution in [3.63, 3.8) is 0 Å².